The summed E-state index contributed by atoms with van der Waals surface area (Å²) in [6.45, 7) is 9.52. The van der Waals surface area contributed by atoms with E-state index in [1.54, 1.807) is 0 Å². The minimum absolute atomic E-state index is 0.172. The largest absolute Gasteiger partial charge is 0.355 e. The van der Waals surface area contributed by atoms with Crippen LogP contribution in [-0.4, -0.2) is 12.5 Å². The topological polar surface area (TPSA) is 29.1 Å². The third-order valence-electron chi connectivity index (χ3n) is 3.76. The maximum absolute atomic E-state index is 11.3. The molecule has 1 rings (SSSR count). The maximum atomic E-state index is 11.3. The summed E-state index contributed by atoms with van der Waals surface area (Å²) in [6, 6.07) is 0. The highest BCUT2D eigenvalue weighted by Crippen LogP contribution is 2.40. The quantitative estimate of drug-likeness (QED) is 0.671. The summed E-state index contributed by atoms with van der Waals surface area (Å²) in [7, 11) is 0. The highest BCUT2D eigenvalue weighted by molar-refractivity contribution is 5.81. The van der Waals surface area contributed by atoms with Gasteiger partial charge in [-0.25, -0.2) is 0 Å². The van der Waals surface area contributed by atoms with E-state index in [0.717, 1.165) is 13.0 Å². The number of rotatable bonds is 2. The Hall–Kier alpha value is -0.530. The molecular formula is C10H19NO. The van der Waals surface area contributed by atoms with E-state index in [1.807, 2.05) is 6.92 Å². The van der Waals surface area contributed by atoms with E-state index in [9.17, 15) is 4.79 Å². The van der Waals surface area contributed by atoms with E-state index in [0.29, 0.717) is 5.92 Å². The SMILES string of the molecule is CCC(C)C1(C)CNC(=O)C1C. The van der Waals surface area contributed by atoms with E-state index in [4.69, 9.17) is 0 Å². The number of hydrogen-bond acceptors (Lipinski definition) is 1. The average Bonchev–Trinajstić information content (AvgIpc) is 2.33. The molecule has 1 N–H and O–H groups in total. The lowest BCUT2D eigenvalue weighted by atomic mass is 9.70. The molecule has 0 aliphatic carbocycles. The molecule has 3 atom stereocenters. The zero-order chi connectivity index (χ0) is 9.35. The van der Waals surface area contributed by atoms with Gasteiger partial charge >= 0.3 is 0 Å². The fourth-order valence-electron chi connectivity index (χ4n) is 1.95. The number of carbonyl (C=O) groups is 1. The van der Waals surface area contributed by atoms with Crippen molar-refractivity contribution in [3.63, 3.8) is 0 Å². The minimum Gasteiger partial charge on any atom is -0.355 e. The Kier molecular flexibility index (Phi) is 2.45. The van der Waals surface area contributed by atoms with Crippen LogP contribution in [0.1, 0.15) is 34.1 Å². The van der Waals surface area contributed by atoms with E-state index in [2.05, 4.69) is 26.1 Å². The van der Waals surface area contributed by atoms with Gasteiger partial charge in [-0.15, -0.1) is 0 Å². The summed E-state index contributed by atoms with van der Waals surface area (Å²) in [4.78, 5) is 11.3. The molecule has 0 bridgehead atoms. The van der Waals surface area contributed by atoms with Crippen LogP contribution in [0.25, 0.3) is 0 Å². The Labute approximate surface area is 74.7 Å². The summed E-state index contributed by atoms with van der Waals surface area (Å²) in [5.41, 5.74) is 0.172. The minimum atomic E-state index is 0.172. The predicted octanol–water partition coefficient (Wildman–Crippen LogP) is 1.80. The molecule has 2 heteroatoms. The second-order valence-electron chi connectivity index (χ2n) is 4.25. The lowest BCUT2D eigenvalue weighted by Crippen LogP contribution is -2.32. The first kappa shape index (κ1) is 9.56. The van der Waals surface area contributed by atoms with Crippen molar-refractivity contribution in [2.24, 2.45) is 17.3 Å². The van der Waals surface area contributed by atoms with Crippen molar-refractivity contribution in [2.75, 3.05) is 6.54 Å². The van der Waals surface area contributed by atoms with Crippen LogP contribution in [0.5, 0.6) is 0 Å². The van der Waals surface area contributed by atoms with Crippen molar-refractivity contribution in [1.29, 1.82) is 0 Å². The van der Waals surface area contributed by atoms with Crippen LogP contribution in [0.4, 0.5) is 0 Å². The fraction of sp³-hybridized carbons (Fsp3) is 0.900. The molecule has 0 saturated carbocycles. The van der Waals surface area contributed by atoms with Crippen LogP contribution >= 0.6 is 0 Å². The van der Waals surface area contributed by atoms with Crippen LogP contribution in [0.3, 0.4) is 0 Å². The third kappa shape index (κ3) is 1.23. The molecule has 0 radical (unpaired) electrons. The van der Waals surface area contributed by atoms with Gasteiger partial charge in [0, 0.05) is 12.5 Å². The first-order chi connectivity index (χ1) is 5.52. The summed E-state index contributed by atoms with van der Waals surface area (Å²) < 4.78 is 0. The van der Waals surface area contributed by atoms with Crippen molar-refractivity contribution in [3.05, 3.63) is 0 Å². The van der Waals surface area contributed by atoms with E-state index in [1.165, 1.54) is 0 Å². The molecule has 12 heavy (non-hydrogen) atoms. The number of hydrogen-bond donors (Lipinski definition) is 1. The van der Waals surface area contributed by atoms with Gasteiger partial charge in [-0.2, -0.15) is 0 Å². The van der Waals surface area contributed by atoms with Gasteiger partial charge in [0.05, 0.1) is 0 Å². The Morgan fingerprint density at radius 2 is 2.33 bits per heavy atom. The van der Waals surface area contributed by atoms with Crippen LogP contribution in [0.15, 0.2) is 0 Å². The van der Waals surface area contributed by atoms with E-state index < -0.39 is 0 Å². The lowest BCUT2D eigenvalue weighted by Gasteiger charge is -2.32. The van der Waals surface area contributed by atoms with Gasteiger partial charge in [-0.3, -0.25) is 4.79 Å². The van der Waals surface area contributed by atoms with Gasteiger partial charge in [0.2, 0.25) is 5.91 Å². The van der Waals surface area contributed by atoms with Crippen LogP contribution < -0.4 is 5.32 Å². The molecule has 0 aromatic carbocycles. The van der Waals surface area contributed by atoms with Crippen LogP contribution in [-0.2, 0) is 4.79 Å². The highest BCUT2D eigenvalue weighted by Gasteiger charge is 2.44. The standard InChI is InChI=1S/C10H19NO/c1-5-7(2)10(4)6-11-9(12)8(10)3/h7-8H,5-6H2,1-4H3,(H,11,12). The first-order valence-electron chi connectivity index (χ1n) is 4.80. The second-order valence-corrected chi connectivity index (χ2v) is 4.25. The molecule has 2 nitrogen and oxygen atoms in total. The molecule has 1 saturated heterocycles. The molecule has 1 amide bonds. The monoisotopic (exact) mass is 169 g/mol. The molecule has 3 unspecified atom stereocenters. The van der Waals surface area contributed by atoms with Gasteiger partial charge in [0.25, 0.3) is 0 Å². The summed E-state index contributed by atoms with van der Waals surface area (Å²) in [6.07, 6.45) is 1.15. The van der Waals surface area contributed by atoms with Gasteiger partial charge in [-0.05, 0) is 11.3 Å². The second kappa shape index (κ2) is 3.08. The van der Waals surface area contributed by atoms with Crippen molar-refractivity contribution in [2.45, 2.75) is 34.1 Å². The molecular weight excluding hydrogens is 150 g/mol. The number of nitrogens with one attached hydrogen (secondary N) is 1. The molecule has 0 aromatic rings. The Bertz CT molecular complexity index is 190. The molecule has 1 aliphatic heterocycles. The predicted molar refractivity (Wildman–Crippen MR) is 49.7 cm³/mol. The molecule has 0 spiro atoms. The van der Waals surface area contributed by atoms with Gasteiger partial charge in [0.1, 0.15) is 0 Å². The summed E-state index contributed by atoms with van der Waals surface area (Å²) in [5.74, 6) is 1.01. The van der Waals surface area contributed by atoms with Crippen molar-refractivity contribution < 1.29 is 4.79 Å². The fourth-order valence-corrected chi connectivity index (χ4v) is 1.95. The Morgan fingerprint density at radius 3 is 2.67 bits per heavy atom. The zero-order valence-electron chi connectivity index (χ0n) is 8.48. The highest BCUT2D eigenvalue weighted by atomic mass is 16.2. The molecule has 70 valence electrons. The average molecular weight is 169 g/mol. The maximum Gasteiger partial charge on any atom is 0.223 e. The molecule has 1 fully saturated rings. The van der Waals surface area contributed by atoms with Gasteiger partial charge in [-0.1, -0.05) is 34.1 Å². The third-order valence-corrected chi connectivity index (χ3v) is 3.76. The molecule has 1 aliphatic rings. The van der Waals surface area contributed by atoms with Gasteiger partial charge in [0.15, 0.2) is 0 Å². The summed E-state index contributed by atoms with van der Waals surface area (Å²) in [5, 5.41) is 2.94. The Balaban J connectivity index is 2.78. The lowest BCUT2D eigenvalue weighted by molar-refractivity contribution is -0.123. The zero-order valence-corrected chi connectivity index (χ0v) is 8.48. The van der Waals surface area contributed by atoms with Crippen LogP contribution in [0.2, 0.25) is 0 Å². The Morgan fingerprint density at radius 1 is 1.75 bits per heavy atom. The van der Waals surface area contributed by atoms with Crippen molar-refractivity contribution in [3.8, 4) is 0 Å². The van der Waals surface area contributed by atoms with Crippen LogP contribution in [0, 0.1) is 17.3 Å². The van der Waals surface area contributed by atoms with Crippen molar-refractivity contribution >= 4 is 5.91 Å². The molecule has 0 aromatic heterocycles. The van der Waals surface area contributed by atoms with Crippen molar-refractivity contribution in [1.82, 2.24) is 5.32 Å². The molecule has 1 heterocycles. The normalized spacial score (nSPS) is 38.0. The first-order valence-corrected chi connectivity index (χ1v) is 4.80. The summed E-state index contributed by atoms with van der Waals surface area (Å²) >= 11 is 0. The van der Waals surface area contributed by atoms with E-state index >= 15 is 0 Å². The smallest absolute Gasteiger partial charge is 0.223 e. The van der Waals surface area contributed by atoms with E-state index in [-0.39, 0.29) is 17.2 Å². The number of carbonyl (C=O) groups excluding carboxylic acids is 1. The number of amides is 1. The van der Waals surface area contributed by atoms with Gasteiger partial charge < -0.3 is 5.32 Å².